The number of benzene rings is 1. The van der Waals surface area contributed by atoms with Gasteiger partial charge < -0.3 is 10.1 Å². The fraction of sp³-hybridized carbons (Fsp3) is 0.462. The summed E-state index contributed by atoms with van der Waals surface area (Å²) < 4.78 is 28.3. The summed E-state index contributed by atoms with van der Waals surface area (Å²) in [5.74, 6) is -0.367. The number of halogens is 1. The van der Waals surface area contributed by atoms with Crippen molar-refractivity contribution in [3.8, 4) is 0 Å². The van der Waals surface area contributed by atoms with E-state index >= 15 is 0 Å². The number of rotatable bonds is 3. The number of sulfonamides is 1. The zero-order valence-corrected chi connectivity index (χ0v) is 13.1. The summed E-state index contributed by atoms with van der Waals surface area (Å²) in [7, 11) is -3.93. The second kappa shape index (κ2) is 6.31. The molecular weight excluding hydrogens is 316 g/mol. The molecule has 0 aromatic heterocycles. The van der Waals surface area contributed by atoms with Gasteiger partial charge in [-0.05, 0) is 37.5 Å². The summed E-state index contributed by atoms with van der Waals surface area (Å²) in [6, 6.07) is 2.72. The van der Waals surface area contributed by atoms with Crippen molar-refractivity contribution < 1.29 is 17.9 Å². The number of nitrogens with two attached hydrogens (primary N) is 1. The van der Waals surface area contributed by atoms with Crippen LogP contribution in [0.2, 0.25) is 5.02 Å². The molecule has 1 fully saturated rings. The van der Waals surface area contributed by atoms with E-state index in [0.717, 1.165) is 12.8 Å². The molecule has 21 heavy (non-hydrogen) atoms. The Labute approximate surface area is 128 Å². The van der Waals surface area contributed by atoms with Crippen LogP contribution in [0.3, 0.4) is 0 Å². The van der Waals surface area contributed by atoms with Crippen LogP contribution in [-0.2, 0) is 14.8 Å². The maximum Gasteiger partial charge on any atom is 0.251 e. The van der Waals surface area contributed by atoms with E-state index in [-0.39, 0.29) is 27.4 Å². The molecule has 1 amide bonds. The Morgan fingerprint density at radius 2 is 2.00 bits per heavy atom. The molecule has 0 radical (unpaired) electrons. The molecule has 1 saturated heterocycles. The number of hydrogen-bond acceptors (Lipinski definition) is 4. The molecule has 3 N–H and O–H groups in total. The highest BCUT2D eigenvalue weighted by molar-refractivity contribution is 7.89. The van der Waals surface area contributed by atoms with E-state index in [9.17, 15) is 13.2 Å². The highest BCUT2D eigenvalue weighted by atomic mass is 35.5. The van der Waals surface area contributed by atoms with Crippen molar-refractivity contribution in [2.24, 2.45) is 5.14 Å². The largest absolute Gasteiger partial charge is 0.381 e. The van der Waals surface area contributed by atoms with E-state index in [1.807, 2.05) is 0 Å². The summed E-state index contributed by atoms with van der Waals surface area (Å²) in [6.45, 7) is 2.74. The second-order valence-corrected chi connectivity index (χ2v) is 6.92. The van der Waals surface area contributed by atoms with Crippen molar-refractivity contribution in [2.45, 2.75) is 30.7 Å². The van der Waals surface area contributed by atoms with E-state index in [1.165, 1.54) is 12.1 Å². The number of hydrogen-bond donors (Lipinski definition) is 2. The molecule has 1 aromatic rings. The van der Waals surface area contributed by atoms with Gasteiger partial charge in [-0.1, -0.05) is 11.6 Å². The standard InChI is InChI=1S/C13H17ClN2O4S/c1-8-11(14)6-9(7-12(8)21(15,18)19)13(17)16-10-2-4-20-5-3-10/h6-7,10H,2-5H2,1H3,(H,16,17)(H2,15,18,19). The van der Waals surface area contributed by atoms with Crippen LogP contribution >= 0.6 is 11.6 Å². The van der Waals surface area contributed by atoms with Gasteiger partial charge in [0.05, 0.1) is 4.90 Å². The minimum Gasteiger partial charge on any atom is -0.381 e. The molecule has 6 nitrogen and oxygen atoms in total. The fourth-order valence-electron chi connectivity index (χ4n) is 2.19. The molecule has 8 heteroatoms. The first-order valence-corrected chi connectivity index (χ1v) is 8.43. The maximum absolute atomic E-state index is 12.2. The zero-order valence-electron chi connectivity index (χ0n) is 11.6. The minimum atomic E-state index is -3.93. The number of ether oxygens (including phenoxy) is 1. The van der Waals surface area contributed by atoms with Gasteiger partial charge in [0.25, 0.3) is 5.91 Å². The van der Waals surface area contributed by atoms with E-state index < -0.39 is 10.0 Å². The Morgan fingerprint density at radius 1 is 1.38 bits per heavy atom. The molecule has 1 aliphatic heterocycles. The molecule has 0 aliphatic carbocycles. The Bertz CT molecular complexity index is 654. The number of nitrogens with one attached hydrogen (secondary N) is 1. The van der Waals surface area contributed by atoms with Crippen LogP contribution in [0.4, 0.5) is 0 Å². The third-order valence-corrected chi connectivity index (χ3v) is 4.85. The molecule has 116 valence electrons. The first kappa shape index (κ1) is 16.2. The number of carbonyl (C=O) groups is 1. The summed E-state index contributed by atoms with van der Waals surface area (Å²) >= 11 is 5.99. The lowest BCUT2D eigenvalue weighted by molar-refractivity contribution is 0.0696. The Hall–Kier alpha value is -1.15. The first-order chi connectivity index (χ1) is 9.79. The zero-order chi connectivity index (χ0) is 15.6. The molecule has 0 saturated carbocycles. The third-order valence-electron chi connectivity index (χ3n) is 3.42. The Morgan fingerprint density at radius 3 is 2.57 bits per heavy atom. The summed E-state index contributed by atoms with van der Waals surface area (Å²) in [5, 5.41) is 8.19. The molecule has 1 heterocycles. The lowest BCUT2D eigenvalue weighted by Gasteiger charge is -2.23. The SMILES string of the molecule is Cc1c(Cl)cc(C(=O)NC2CCOCC2)cc1S(N)(=O)=O. The molecule has 0 bridgehead atoms. The summed E-state index contributed by atoms with van der Waals surface area (Å²) in [4.78, 5) is 12.1. The predicted octanol–water partition coefficient (Wildman–Crippen LogP) is 1.20. The van der Waals surface area contributed by atoms with Gasteiger partial charge in [0.1, 0.15) is 0 Å². The van der Waals surface area contributed by atoms with Crippen molar-refractivity contribution in [1.82, 2.24) is 5.32 Å². The highest BCUT2D eigenvalue weighted by Crippen LogP contribution is 2.24. The van der Waals surface area contributed by atoms with Gasteiger partial charge in [0, 0.05) is 29.8 Å². The molecular formula is C13H17ClN2O4S. The van der Waals surface area contributed by atoms with Gasteiger partial charge in [-0.3, -0.25) is 4.79 Å². The Kier molecular flexibility index (Phi) is 4.88. The topological polar surface area (TPSA) is 98.5 Å². The first-order valence-electron chi connectivity index (χ1n) is 6.50. The lowest BCUT2D eigenvalue weighted by atomic mass is 10.1. The predicted molar refractivity (Wildman–Crippen MR) is 78.9 cm³/mol. The third kappa shape index (κ3) is 3.94. The number of primary sulfonamides is 1. The van der Waals surface area contributed by atoms with Crippen LogP contribution in [0, 0.1) is 6.92 Å². The van der Waals surface area contributed by atoms with Gasteiger partial charge in [-0.2, -0.15) is 0 Å². The lowest BCUT2D eigenvalue weighted by Crippen LogP contribution is -2.39. The quantitative estimate of drug-likeness (QED) is 0.869. The van der Waals surface area contributed by atoms with Crippen molar-refractivity contribution in [2.75, 3.05) is 13.2 Å². The number of amides is 1. The number of carbonyl (C=O) groups excluding carboxylic acids is 1. The van der Waals surface area contributed by atoms with E-state index in [4.69, 9.17) is 21.5 Å². The van der Waals surface area contributed by atoms with Gasteiger partial charge >= 0.3 is 0 Å². The van der Waals surface area contributed by atoms with Gasteiger partial charge in [0.15, 0.2) is 0 Å². The van der Waals surface area contributed by atoms with E-state index in [0.29, 0.717) is 18.8 Å². The summed E-state index contributed by atoms with van der Waals surface area (Å²) in [6.07, 6.45) is 1.46. The summed E-state index contributed by atoms with van der Waals surface area (Å²) in [5.41, 5.74) is 0.517. The van der Waals surface area contributed by atoms with Crippen LogP contribution in [0.1, 0.15) is 28.8 Å². The van der Waals surface area contributed by atoms with Gasteiger partial charge in [-0.25, -0.2) is 13.6 Å². The molecule has 1 aliphatic rings. The minimum absolute atomic E-state index is 0.0178. The molecule has 2 rings (SSSR count). The highest BCUT2D eigenvalue weighted by Gasteiger charge is 2.21. The van der Waals surface area contributed by atoms with Crippen molar-refractivity contribution >= 4 is 27.5 Å². The monoisotopic (exact) mass is 332 g/mol. The molecule has 0 unspecified atom stereocenters. The van der Waals surface area contributed by atoms with Gasteiger partial charge in [0.2, 0.25) is 10.0 Å². The van der Waals surface area contributed by atoms with Gasteiger partial charge in [-0.15, -0.1) is 0 Å². The smallest absolute Gasteiger partial charge is 0.251 e. The Balaban J connectivity index is 2.27. The van der Waals surface area contributed by atoms with Crippen LogP contribution in [0.15, 0.2) is 17.0 Å². The fourth-order valence-corrected chi connectivity index (χ4v) is 3.29. The van der Waals surface area contributed by atoms with Crippen molar-refractivity contribution in [3.05, 3.63) is 28.3 Å². The van der Waals surface area contributed by atoms with Crippen LogP contribution in [-0.4, -0.2) is 33.6 Å². The van der Waals surface area contributed by atoms with E-state index in [2.05, 4.69) is 5.32 Å². The molecule has 1 aromatic carbocycles. The molecule has 0 atom stereocenters. The van der Waals surface area contributed by atoms with Crippen molar-refractivity contribution in [1.29, 1.82) is 0 Å². The second-order valence-electron chi connectivity index (χ2n) is 4.99. The van der Waals surface area contributed by atoms with E-state index in [1.54, 1.807) is 6.92 Å². The van der Waals surface area contributed by atoms with Crippen molar-refractivity contribution in [3.63, 3.8) is 0 Å². The van der Waals surface area contributed by atoms with Crippen LogP contribution in [0.25, 0.3) is 0 Å². The maximum atomic E-state index is 12.2. The normalized spacial score (nSPS) is 16.7. The molecule has 0 spiro atoms. The average Bonchev–Trinajstić information content (AvgIpc) is 2.41. The average molecular weight is 333 g/mol. The van der Waals surface area contributed by atoms with Crippen LogP contribution in [0.5, 0.6) is 0 Å². The van der Waals surface area contributed by atoms with Crippen LogP contribution < -0.4 is 10.5 Å².